The summed E-state index contributed by atoms with van der Waals surface area (Å²) in [6, 6.07) is 3.92. The molecule has 0 bridgehead atoms. The van der Waals surface area contributed by atoms with Gasteiger partial charge in [-0.25, -0.2) is 0 Å². The van der Waals surface area contributed by atoms with E-state index in [4.69, 9.17) is 9.47 Å². The van der Waals surface area contributed by atoms with E-state index in [1.807, 2.05) is 26.0 Å². The van der Waals surface area contributed by atoms with Crippen molar-refractivity contribution in [2.24, 2.45) is 0 Å². The number of hydrogen-bond donors (Lipinski definition) is 1. The molecule has 1 aromatic carbocycles. The number of methoxy groups -OCH3 is 2. The first-order chi connectivity index (χ1) is 8.38. The first-order valence-electron chi connectivity index (χ1n) is 6.25. The molecule has 18 heavy (non-hydrogen) atoms. The van der Waals surface area contributed by atoms with Crippen molar-refractivity contribution in [3.63, 3.8) is 0 Å². The summed E-state index contributed by atoms with van der Waals surface area (Å²) in [5.41, 5.74) is 1.73. The Balaban J connectivity index is 3.52. The van der Waals surface area contributed by atoms with Crippen molar-refractivity contribution < 1.29 is 14.6 Å². The van der Waals surface area contributed by atoms with Crippen molar-refractivity contribution in [3.8, 4) is 11.5 Å². The molecule has 0 unspecified atom stereocenters. The molecule has 0 saturated heterocycles. The quantitative estimate of drug-likeness (QED) is 0.875. The highest BCUT2D eigenvalue weighted by molar-refractivity contribution is 5.54. The third kappa shape index (κ3) is 2.61. The number of aliphatic hydroxyl groups is 1. The van der Waals surface area contributed by atoms with Gasteiger partial charge in [-0.15, -0.1) is 0 Å². The van der Waals surface area contributed by atoms with Crippen LogP contribution in [0.5, 0.6) is 11.5 Å². The zero-order valence-corrected chi connectivity index (χ0v) is 12.2. The third-order valence-electron chi connectivity index (χ3n) is 3.28. The summed E-state index contributed by atoms with van der Waals surface area (Å²) in [7, 11) is 3.33. The van der Waals surface area contributed by atoms with E-state index in [2.05, 4.69) is 13.8 Å². The van der Waals surface area contributed by atoms with E-state index in [9.17, 15) is 5.11 Å². The Morgan fingerprint density at radius 3 is 2.17 bits per heavy atom. The van der Waals surface area contributed by atoms with Crippen LogP contribution in [0, 0.1) is 0 Å². The molecule has 102 valence electrons. The van der Waals surface area contributed by atoms with Gasteiger partial charge in [0.1, 0.15) is 11.5 Å². The van der Waals surface area contributed by atoms with Crippen LogP contribution >= 0.6 is 0 Å². The lowest BCUT2D eigenvalue weighted by molar-refractivity contribution is 0.214. The molecule has 0 atom stereocenters. The maximum absolute atomic E-state index is 9.54. The molecule has 0 radical (unpaired) electrons. The minimum atomic E-state index is -0.332. The van der Waals surface area contributed by atoms with Gasteiger partial charge in [-0.3, -0.25) is 0 Å². The van der Waals surface area contributed by atoms with Crippen molar-refractivity contribution in [2.45, 2.75) is 39.0 Å². The average Bonchev–Trinajstić information content (AvgIpc) is 2.36. The molecule has 1 rings (SSSR count). The Hall–Kier alpha value is -1.22. The van der Waals surface area contributed by atoms with Crippen molar-refractivity contribution in [1.29, 1.82) is 0 Å². The lowest BCUT2D eigenvalue weighted by Crippen LogP contribution is -2.23. The minimum absolute atomic E-state index is 0.0766. The summed E-state index contributed by atoms with van der Waals surface area (Å²) in [5.74, 6) is 1.95. The normalized spacial score (nSPS) is 11.8. The Bertz CT molecular complexity index is 408. The monoisotopic (exact) mass is 252 g/mol. The molecule has 0 aliphatic heterocycles. The molecule has 0 heterocycles. The zero-order valence-electron chi connectivity index (χ0n) is 12.2. The van der Waals surface area contributed by atoms with E-state index < -0.39 is 0 Å². The molecule has 0 aromatic heterocycles. The summed E-state index contributed by atoms with van der Waals surface area (Å²) < 4.78 is 11.0. The summed E-state index contributed by atoms with van der Waals surface area (Å²) in [6.07, 6.45) is 0. The maximum Gasteiger partial charge on any atom is 0.129 e. The molecule has 0 aliphatic rings. The number of rotatable bonds is 5. The Kier molecular flexibility index (Phi) is 4.63. The molecular formula is C15H24O3. The lowest BCUT2D eigenvalue weighted by Gasteiger charge is -2.28. The van der Waals surface area contributed by atoms with Gasteiger partial charge in [0.25, 0.3) is 0 Å². The standard InChI is InChI=1S/C15H24O3/c1-10(2)13-12(17-5)8-7-11(14(13)18-6)15(3,4)9-16/h7-8,10,16H,9H2,1-6H3. The maximum atomic E-state index is 9.54. The van der Waals surface area contributed by atoms with Crippen LogP contribution in [-0.4, -0.2) is 25.9 Å². The smallest absolute Gasteiger partial charge is 0.129 e. The van der Waals surface area contributed by atoms with Gasteiger partial charge in [-0.1, -0.05) is 33.8 Å². The average molecular weight is 252 g/mol. The molecule has 0 aliphatic carbocycles. The van der Waals surface area contributed by atoms with Gasteiger partial charge < -0.3 is 14.6 Å². The van der Waals surface area contributed by atoms with Crippen LogP contribution in [0.4, 0.5) is 0 Å². The number of aliphatic hydroxyl groups excluding tert-OH is 1. The minimum Gasteiger partial charge on any atom is -0.496 e. The molecule has 1 aromatic rings. The van der Waals surface area contributed by atoms with Crippen molar-refractivity contribution >= 4 is 0 Å². The van der Waals surface area contributed by atoms with Gasteiger partial charge in [-0.2, -0.15) is 0 Å². The second-order valence-corrected chi connectivity index (χ2v) is 5.46. The summed E-state index contributed by atoms with van der Waals surface area (Å²) in [6.45, 7) is 8.29. The van der Waals surface area contributed by atoms with Crippen LogP contribution in [0.2, 0.25) is 0 Å². The van der Waals surface area contributed by atoms with Crippen molar-refractivity contribution in [1.82, 2.24) is 0 Å². The number of ether oxygens (including phenoxy) is 2. The van der Waals surface area contributed by atoms with Gasteiger partial charge in [0.15, 0.2) is 0 Å². The van der Waals surface area contributed by atoms with E-state index in [1.165, 1.54) is 0 Å². The van der Waals surface area contributed by atoms with Crippen molar-refractivity contribution in [2.75, 3.05) is 20.8 Å². The molecule has 3 heteroatoms. The molecule has 0 saturated carbocycles. The zero-order chi connectivity index (χ0) is 13.9. The molecule has 3 nitrogen and oxygen atoms in total. The molecule has 0 amide bonds. The van der Waals surface area contributed by atoms with Crippen LogP contribution in [0.3, 0.4) is 0 Å². The van der Waals surface area contributed by atoms with Crippen LogP contribution in [0.1, 0.15) is 44.7 Å². The fraction of sp³-hybridized carbons (Fsp3) is 0.600. The summed E-state index contributed by atoms with van der Waals surface area (Å²) in [5, 5.41) is 9.54. The first kappa shape index (κ1) is 14.8. The molecular weight excluding hydrogens is 228 g/mol. The summed E-state index contributed by atoms with van der Waals surface area (Å²) >= 11 is 0. The summed E-state index contributed by atoms with van der Waals surface area (Å²) in [4.78, 5) is 0. The fourth-order valence-electron chi connectivity index (χ4n) is 2.14. The lowest BCUT2D eigenvalue weighted by atomic mass is 9.82. The number of hydrogen-bond acceptors (Lipinski definition) is 3. The van der Waals surface area contributed by atoms with Crippen molar-refractivity contribution in [3.05, 3.63) is 23.3 Å². The SMILES string of the molecule is COc1ccc(C(C)(C)CO)c(OC)c1C(C)C. The molecule has 1 N–H and O–H groups in total. The topological polar surface area (TPSA) is 38.7 Å². The Labute approximate surface area is 110 Å². The highest BCUT2D eigenvalue weighted by Gasteiger charge is 2.27. The predicted molar refractivity (Wildman–Crippen MR) is 73.7 cm³/mol. The van der Waals surface area contributed by atoms with Gasteiger partial charge >= 0.3 is 0 Å². The fourth-order valence-corrected chi connectivity index (χ4v) is 2.14. The largest absolute Gasteiger partial charge is 0.496 e. The van der Waals surface area contributed by atoms with Crippen LogP contribution in [-0.2, 0) is 5.41 Å². The second kappa shape index (κ2) is 5.61. The predicted octanol–water partition coefficient (Wildman–Crippen LogP) is 3.10. The Morgan fingerprint density at radius 2 is 1.78 bits per heavy atom. The van der Waals surface area contributed by atoms with E-state index in [0.717, 1.165) is 22.6 Å². The van der Waals surface area contributed by atoms with E-state index in [1.54, 1.807) is 14.2 Å². The van der Waals surface area contributed by atoms with Gasteiger partial charge in [0, 0.05) is 16.5 Å². The van der Waals surface area contributed by atoms with Gasteiger partial charge in [0.2, 0.25) is 0 Å². The van der Waals surface area contributed by atoms with E-state index >= 15 is 0 Å². The number of benzene rings is 1. The first-order valence-corrected chi connectivity index (χ1v) is 6.25. The molecule has 0 fully saturated rings. The van der Waals surface area contributed by atoms with Crippen LogP contribution < -0.4 is 9.47 Å². The Morgan fingerprint density at radius 1 is 1.17 bits per heavy atom. The van der Waals surface area contributed by atoms with Gasteiger partial charge in [-0.05, 0) is 12.0 Å². The molecule has 0 spiro atoms. The van der Waals surface area contributed by atoms with E-state index in [0.29, 0.717) is 5.92 Å². The van der Waals surface area contributed by atoms with Crippen LogP contribution in [0.15, 0.2) is 12.1 Å². The third-order valence-corrected chi connectivity index (χ3v) is 3.28. The van der Waals surface area contributed by atoms with Crippen LogP contribution in [0.25, 0.3) is 0 Å². The van der Waals surface area contributed by atoms with E-state index in [-0.39, 0.29) is 12.0 Å². The second-order valence-electron chi connectivity index (χ2n) is 5.46. The highest BCUT2D eigenvalue weighted by atomic mass is 16.5. The van der Waals surface area contributed by atoms with Gasteiger partial charge in [0.05, 0.1) is 20.8 Å². The highest BCUT2D eigenvalue weighted by Crippen LogP contribution is 2.42.